The standard InChI is InChI=1S/C37H35N5O14S/c1-22(56-37(46)55-21-25-8-14-28(15-9-25)42(51)52)32-30-17-31(33(39(30)34(32)43)35(44)53-19-23-4-10-26(11-5-23)40(47)48)57-29-3-2-16-38(18-29)36(45)54-20-24-6-12-27(13-7-24)41(49)50/h4-15,22,29-30,32H,2-3,16-21H2,1H3/t22?,29?,30-,32?/m1/s1. The number of nitro groups is 3. The van der Waals surface area contributed by atoms with Gasteiger partial charge < -0.3 is 28.7 Å². The number of ether oxygens (including phenoxy) is 4. The quantitative estimate of drug-likeness (QED) is 0.0581. The zero-order valence-corrected chi connectivity index (χ0v) is 31.1. The summed E-state index contributed by atoms with van der Waals surface area (Å²) in [5.41, 5.74) is 1.22. The summed E-state index contributed by atoms with van der Waals surface area (Å²) in [6.07, 6.45) is -1.06. The topological polar surface area (TPSA) is 241 Å². The van der Waals surface area contributed by atoms with E-state index in [-0.39, 0.29) is 60.8 Å². The van der Waals surface area contributed by atoms with Crippen LogP contribution < -0.4 is 0 Å². The predicted octanol–water partition coefficient (Wildman–Crippen LogP) is 6.17. The molecule has 3 aliphatic rings. The van der Waals surface area contributed by atoms with E-state index < -0.39 is 57.0 Å². The molecule has 3 unspecified atom stereocenters. The van der Waals surface area contributed by atoms with E-state index >= 15 is 0 Å². The maximum Gasteiger partial charge on any atom is 0.508 e. The first-order valence-electron chi connectivity index (χ1n) is 17.6. The van der Waals surface area contributed by atoms with Gasteiger partial charge in [0.15, 0.2) is 0 Å². The Morgan fingerprint density at radius 2 is 1.26 bits per heavy atom. The molecule has 298 valence electrons. The first-order valence-corrected chi connectivity index (χ1v) is 18.5. The van der Waals surface area contributed by atoms with Crippen LogP contribution in [0.25, 0.3) is 0 Å². The Balaban J connectivity index is 1.11. The van der Waals surface area contributed by atoms with Crippen molar-refractivity contribution in [2.24, 2.45) is 5.92 Å². The van der Waals surface area contributed by atoms with Crippen molar-refractivity contribution in [3.8, 4) is 0 Å². The van der Waals surface area contributed by atoms with E-state index in [0.717, 1.165) is 0 Å². The van der Waals surface area contributed by atoms with Crippen molar-refractivity contribution in [1.82, 2.24) is 9.80 Å². The smallest absolute Gasteiger partial charge is 0.456 e. The zero-order valence-electron chi connectivity index (χ0n) is 30.3. The van der Waals surface area contributed by atoms with E-state index in [0.29, 0.717) is 41.0 Å². The minimum atomic E-state index is -1.06. The van der Waals surface area contributed by atoms with Crippen molar-refractivity contribution >= 4 is 52.9 Å². The number of non-ortho nitro benzene ring substituents is 3. The van der Waals surface area contributed by atoms with Crippen LogP contribution in [0.4, 0.5) is 26.7 Å². The summed E-state index contributed by atoms with van der Waals surface area (Å²) in [7, 11) is 0. The summed E-state index contributed by atoms with van der Waals surface area (Å²) in [6, 6.07) is 16.0. The van der Waals surface area contributed by atoms with Gasteiger partial charge in [-0.2, -0.15) is 0 Å². The number of hydrogen-bond donors (Lipinski definition) is 0. The molecule has 19 nitrogen and oxygen atoms in total. The van der Waals surface area contributed by atoms with Crippen LogP contribution in [0.2, 0.25) is 0 Å². The van der Waals surface area contributed by atoms with Crippen molar-refractivity contribution < 1.29 is 52.9 Å². The normalized spacial score (nSPS) is 19.2. The molecule has 2 amide bonds. The van der Waals surface area contributed by atoms with Crippen LogP contribution in [0.1, 0.15) is 42.9 Å². The van der Waals surface area contributed by atoms with Crippen LogP contribution in [0.3, 0.4) is 0 Å². The highest BCUT2D eigenvalue weighted by Gasteiger charge is 2.58. The molecule has 0 spiro atoms. The Morgan fingerprint density at radius 1 is 0.772 bits per heavy atom. The molecule has 57 heavy (non-hydrogen) atoms. The van der Waals surface area contributed by atoms with Gasteiger partial charge in [-0.25, -0.2) is 14.4 Å². The second kappa shape index (κ2) is 17.5. The number of esters is 1. The average molecular weight is 806 g/mol. The van der Waals surface area contributed by atoms with E-state index in [1.165, 1.54) is 101 Å². The summed E-state index contributed by atoms with van der Waals surface area (Å²) in [6.45, 7) is 1.67. The first kappa shape index (κ1) is 40.1. The Kier molecular flexibility index (Phi) is 12.3. The number of nitro benzene ring substituents is 3. The van der Waals surface area contributed by atoms with Crippen LogP contribution in [-0.2, 0) is 48.4 Å². The lowest BCUT2D eigenvalue weighted by Gasteiger charge is -2.45. The highest BCUT2D eigenvalue weighted by atomic mass is 32.2. The molecule has 20 heteroatoms. The van der Waals surface area contributed by atoms with Gasteiger partial charge in [0, 0.05) is 66.1 Å². The lowest BCUT2D eigenvalue weighted by atomic mass is 9.83. The Hall–Kier alpha value is -6.57. The summed E-state index contributed by atoms with van der Waals surface area (Å²) >= 11 is 1.34. The number of fused-ring (bicyclic) bond motifs is 1. The van der Waals surface area contributed by atoms with Crippen molar-refractivity contribution in [3.05, 3.63) is 130 Å². The molecular formula is C37H35N5O14S. The minimum absolute atomic E-state index is 0.0268. The largest absolute Gasteiger partial charge is 0.508 e. The molecule has 0 aromatic heterocycles. The number of hydrogen-bond acceptors (Lipinski definition) is 15. The van der Waals surface area contributed by atoms with Gasteiger partial charge in [-0.05, 0) is 72.9 Å². The van der Waals surface area contributed by atoms with Gasteiger partial charge in [0.05, 0.1) is 26.7 Å². The van der Waals surface area contributed by atoms with Crippen molar-refractivity contribution in [3.63, 3.8) is 0 Å². The number of thioether (sulfide) groups is 1. The molecule has 2 fully saturated rings. The molecule has 3 heterocycles. The average Bonchev–Trinajstić information content (AvgIpc) is 3.52. The molecule has 3 aliphatic heterocycles. The first-order chi connectivity index (χ1) is 27.3. The third-order valence-corrected chi connectivity index (χ3v) is 11.0. The van der Waals surface area contributed by atoms with Gasteiger partial charge in [0.1, 0.15) is 31.6 Å². The third-order valence-electron chi connectivity index (χ3n) is 9.63. The molecule has 2 saturated heterocycles. The lowest BCUT2D eigenvalue weighted by molar-refractivity contribution is -0.385. The minimum Gasteiger partial charge on any atom is -0.456 e. The summed E-state index contributed by atoms with van der Waals surface area (Å²) < 4.78 is 21.7. The number of β-lactam (4-membered cyclic amide) rings is 1. The van der Waals surface area contributed by atoms with Gasteiger partial charge in [0.25, 0.3) is 17.1 Å². The molecule has 0 bridgehead atoms. The van der Waals surface area contributed by atoms with Crippen LogP contribution >= 0.6 is 11.8 Å². The number of piperidine rings is 1. The molecule has 0 aliphatic carbocycles. The summed E-state index contributed by atoms with van der Waals surface area (Å²) in [5, 5.41) is 32.7. The molecule has 6 rings (SSSR count). The van der Waals surface area contributed by atoms with Crippen molar-refractivity contribution in [2.75, 3.05) is 13.1 Å². The van der Waals surface area contributed by atoms with Gasteiger partial charge >= 0.3 is 18.2 Å². The number of rotatable bonds is 14. The molecule has 3 aromatic carbocycles. The van der Waals surface area contributed by atoms with Crippen LogP contribution in [0.15, 0.2) is 83.4 Å². The van der Waals surface area contributed by atoms with E-state index in [1.807, 2.05) is 0 Å². The number of carbonyl (C=O) groups excluding carboxylic acids is 4. The van der Waals surface area contributed by atoms with Crippen LogP contribution in [0.5, 0.6) is 0 Å². The lowest BCUT2D eigenvalue weighted by Crippen LogP contribution is -2.62. The zero-order chi connectivity index (χ0) is 40.8. The molecule has 0 N–H and O–H groups in total. The van der Waals surface area contributed by atoms with Crippen molar-refractivity contribution in [1.29, 1.82) is 0 Å². The van der Waals surface area contributed by atoms with E-state index in [2.05, 4.69) is 0 Å². The summed E-state index contributed by atoms with van der Waals surface area (Å²) in [5.74, 6) is -2.10. The van der Waals surface area contributed by atoms with Gasteiger partial charge in [0.2, 0.25) is 5.91 Å². The highest BCUT2D eigenvalue weighted by Crippen LogP contribution is 2.49. The Labute approximate surface area is 327 Å². The highest BCUT2D eigenvalue weighted by molar-refractivity contribution is 8.03. The number of carbonyl (C=O) groups is 4. The van der Waals surface area contributed by atoms with Crippen LogP contribution in [0, 0.1) is 36.3 Å². The second-order valence-electron chi connectivity index (χ2n) is 13.4. The van der Waals surface area contributed by atoms with Crippen molar-refractivity contribution in [2.45, 2.75) is 63.4 Å². The molecular weight excluding hydrogens is 770 g/mol. The van der Waals surface area contributed by atoms with Gasteiger partial charge in [-0.15, -0.1) is 11.8 Å². The maximum atomic E-state index is 13.7. The fourth-order valence-electron chi connectivity index (χ4n) is 6.71. The van der Waals surface area contributed by atoms with E-state index in [9.17, 15) is 49.5 Å². The van der Waals surface area contributed by atoms with Crippen LogP contribution in [-0.4, -0.2) is 79.2 Å². The number of nitrogens with zero attached hydrogens (tertiary/aromatic N) is 5. The fraction of sp³-hybridized carbons (Fsp3) is 0.351. The van der Waals surface area contributed by atoms with Gasteiger partial charge in [-0.1, -0.05) is 0 Å². The molecule has 3 aromatic rings. The molecule has 4 atom stereocenters. The summed E-state index contributed by atoms with van der Waals surface area (Å²) in [4.78, 5) is 87.7. The number of benzene rings is 3. The Morgan fingerprint density at radius 3 is 1.77 bits per heavy atom. The SMILES string of the molecule is CC(OC(=O)OCc1ccc([N+](=O)[O-])cc1)C1C(=O)N2C(C(=O)OCc3ccc([N+](=O)[O-])cc3)=C(SC3CCCN(C(=O)OCc4ccc([N+](=O)[O-])cc4)C3)C[C@H]12. The predicted molar refractivity (Wildman–Crippen MR) is 198 cm³/mol. The Bertz CT molecular complexity index is 2090. The second-order valence-corrected chi connectivity index (χ2v) is 14.8. The number of amides is 2. The molecule has 0 radical (unpaired) electrons. The van der Waals surface area contributed by atoms with E-state index in [1.54, 1.807) is 0 Å². The monoisotopic (exact) mass is 805 g/mol. The number of likely N-dealkylation sites (tertiary alicyclic amines) is 1. The fourth-order valence-corrected chi connectivity index (χ4v) is 8.21. The van der Waals surface area contributed by atoms with E-state index in [4.69, 9.17) is 18.9 Å². The third kappa shape index (κ3) is 9.46. The van der Waals surface area contributed by atoms with Gasteiger partial charge in [-0.3, -0.25) is 35.1 Å². The molecule has 0 saturated carbocycles. The maximum absolute atomic E-state index is 13.7.